The van der Waals surface area contributed by atoms with E-state index in [1.165, 1.54) is 95.7 Å². The average molecular weight is 2070 g/mol. The van der Waals surface area contributed by atoms with E-state index in [2.05, 4.69) is 93.0 Å². The second kappa shape index (κ2) is 49.6. The van der Waals surface area contributed by atoms with Gasteiger partial charge in [0.25, 0.3) is 17.7 Å². The first-order valence-corrected chi connectivity index (χ1v) is 46.1. The van der Waals surface area contributed by atoms with Crippen LogP contribution in [0.15, 0.2) is 247 Å². The Kier molecular flexibility index (Phi) is 37.4. The molecule has 14 aromatic rings. The summed E-state index contributed by atoms with van der Waals surface area (Å²) in [4.78, 5) is 123. The van der Waals surface area contributed by atoms with E-state index in [4.69, 9.17) is 44.6 Å². The van der Waals surface area contributed by atoms with Gasteiger partial charge in [0, 0.05) is 94.8 Å². The lowest BCUT2D eigenvalue weighted by atomic mass is 9.74. The van der Waals surface area contributed by atoms with Gasteiger partial charge in [0.05, 0.1) is 55.5 Å². The number of halogens is 5. The number of likely N-dealkylation sites (tertiary alicyclic amines) is 1. The summed E-state index contributed by atoms with van der Waals surface area (Å²) >= 11 is 6.78. The van der Waals surface area contributed by atoms with Crippen LogP contribution in [0.5, 0.6) is 17.2 Å². The number of rotatable bonds is 22. The molecule has 0 saturated carbocycles. The monoisotopic (exact) mass is 2070 g/mol. The van der Waals surface area contributed by atoms with Gasteiger partial charge in [-0.15, -0.1) is 0 Å². The van der Waals surface area contributed by atoms with Crippen molar-refractivity contribution in [1.29, 1.82) is 0 Å². The van der Waals surface area contributed by atoms with Crippen LogP contribution < -0.4 is 46.7 Å². The molecule has 4 aromatic heterocycles. The fourth-order valence-electron chi connectivity index (χ4n) is 15.1. The lowest BCUT2D eigenvalue weighted by Gasteiger charge is -2.36. The van der Waals surface area contributed by atoms with Crippen molar-refractivity contribution in [3.8, 4) is 72.9 Å². The molecule has 7 heterocycles. The van der Waals surface area contributed by atoms with E-state index < -0.39 is 59.6 Å². The third-order valence-corrected chi connectivity index (χ3v) is 26.1. The summed E-state index contributed by atoms with van der Waals surface area (Å²) in [5, 5.41) is 37.1. The number of benzene rings is 10. The molecule has 736 valence electrons. The smallest absolute Gasteiger partial charge is 0.495 e. The highest BCUT2D eigenvalue weighted by molar-refractivity contribution is 9.10. The minimum absolute atomic E-state index is 0.0185. The molecular weight excluding hydrogens is 1960 g/mol. The number of carboxylic acids is 3. The minimum atomic E-state index is -1.03. The number of carbonyl (C=O) groups is 8. The van der Waals surface area contributed by atoms with Crippen molar-refractivity contribution >= 4 is 115 Å². The number of carbonyl (C=O) groups excluding carboxylic acids is 5. The number of ether oxygens (including phenoxy) is 3. The molecule has 0 radical (unpaired) electrons. The fourth-order valence-corrected chi connectivity index (χ4v) is 15.9. The molecule has 3 saturated heterocycles. The van der Waals surface area contributed by atoms with Gasteiger partial charge in [0.1, 0.15) is 77.1 Å². The van der Waals surface area contributed by atoms with Crippen LogP contribution in [0, 0.1) is 77.8 Å². The van der Waals surface area contributed by atoms with Gasteiger partial charge in [-0.2, -0.15) is 0 Å². The molecule has 0 bridgehead atoms. The first-order chi connectivity index (χ1) is 68.3. The number of nitrogens with two attached hydrogens (primary N) is 1. The van der Waals surface area contributed by atoms with Crippen LogP contribution in [0.1, 0.15) is 135 Å². The summed E-state index contributed by atoms with van der Waals surface area (Å²) in [7, 11) is 3.82. The number of nitrogen functional groups attached to an aromatic ring is 1. The topological polar surface area (TPSA) is 424 Å². The molecule has 143 heavy (non-hydrogen) atoms. The average Bonchev–Trinajstić information content (AvgIpc) is 1.66. The number of nitrogens with one attached hydrogen (secondary N) is 4. The minimum Gasteiger partial charge on any atom is -0.496 e. The highest BCUT2D eigenvalue weighted by Gasteiger charge is 2.52. The fraction of sp³-hybridized carbons (Fsp3) is 0.215. The van der Waals surface area contributed by atoms with Crippen molar-refractivity contribution in [3.05, 3.63) is 343 Å². The maximum atomic E-state index is 15.4. The predicted octanol–water partition coefficient (Wildman–Crippen LogP) is 19.5. The summed E-state index contributed by atoms with van der Waals surface area (Å²) in [5.41, 5.74) is 24.5. The molecule has 0 unspecified atom stereocenters. The number of hydrogen-bond acceptors (Lipinski definition) is 24. The molecule has 0 atom stereocenters. The molecule has 3 aliphatic rings. The van der Waals surface area contributed by atoms with E-state index in [1.807, 2.05) is 215 Å². The Morgan fingerprint density at radius 1 is 0.448 bits per heavy atom. The van der Waals surface area contributed by atoms with Crippen molar-refractivity contribution < 1.29 is 90.4 Å². The SMILES string of the molecule is COc1cc(-c2cccc(-c3cccc(NC(=O)c4ccncn4)c3C)c2C)cc(F)c1C=O.COc1cc(-c2cccc(-c3cccc(NC(=O)c4ccncn4)c3C)c2C)cc(F)c1CN1CC(C(=O)O)C1.COc1cc(-c2cccc(B3OC(C)(C)C(C)(C)O3)c2C)cc(F)c1C=O.Cc1c(Br)cccc1NC(=O)c1ccncn1.Cc1c(N)cccc1Br.O=C(O)C1CNC1.O=C(O)c1ccncn1. The lowest BCUT2D eigenvalue weighted by molar-refractivity contribution is -0.148. The number of methoxy groups -OCH3 is 3. The number of amides is 3. The number of carboxylic acid groups (broad SMARTS) is 3. The van der Waals surface area contributed by atoms with E-state index in [0.29, 0.717) is 83.8 Å². The van der Waals surface area contributed by atoms with Crippen LogP contribution in [0.4, 0.5) is 35.9 Å². The second-order valence-corrected chi connectivity index (χ2v) is 35.6. The van der Waals surface area contributed by atoms with E-state index in [9.17, 15) is 47.1 Å². The highest BCUT2D eigenvalue weighted by atomic mass is 79.9. The molecule has 9 N–H and O–H groups in total. The Labute approximate surface area is 841 Å². The summed E-state index contributed by atoms with van der Waals surface area (Å²) in [6.07, 6.45) is 12.1. The molecular formula is C107H104BBr2F3N14O16. The van der Waals surface area contributed by atoms with Crippen molar-refractivity contribution in [2.75, 3.05) is 69.2 Å². The largest absolute Gasteiger partial charge is 0.496 e. The molecule has 0 aliphatic carbocycles. The summed E-state index contributed by atoms with van der Waals surface area (Å²) in [6, 6.07) is 55.5. The van der Waals surface area contributed by atoms with Crippen LogP contribution in [0.2, 0.25) is 0 Å². The van der Waals surface area contributed by atoms with Gasteiger partial charge in [-0.05, 0) is 273 Å². The Bertz CT molecular complexity index is 6950. The number of aromatic carboxylic acids is 1. The van der Waals surface area contributed by atoms with Crippen molar-refractivity contribution in [3.63, 3.8) is 0 Å². The van der Waals surface area contributed by atoms with Crippen LogP contribution in [0.25, 0.3) is 55.6 Å². The Morgan fingerprint density at radius 3 is 1.13 bits per heavy atom. The predicted molar refractivity (Wildman–Crippen MR) is 548 cm³/mol. The molecule has 30 nitrogen and oxygen atoms in total. The number of anilines is 4. The summed E-state index contributed by atoms with van der Waals surface area (Å²) in [5.74, 6) is -4.80. The molecule has 0 spiro atoms. The Morgan fingerprint density at radius 2 is 0.790 bits per heavy atom. The molecule has 10 aromatic carbocycles. The number of aldehydes is 2. The van der Waals surface area contributed by atoms with Gasteiger partial charge in [0.15, 0.2) is 18.3 Å². The van der Waals surface area contributed by atoms with Crippen LogP contribution in [-0.2, 0) is 25.4 Å². The third-order valence-electron chi connectivity index (χ3n) is 24.4. The standard InChI is InChI=1S/C31H29FN4O4.C27H22FN3O3.C21H24BFO4.C12H10BrN3O.C7H8BrN.C5H4N2O2.C4H7NO2/c1-18-22(20-12-26(32)25(29(13-20)40-3)16-36-14-21(15-36)31(38)39)6-4-7-23(18)24-8-5-9-27(19(24)2)35-30(37)28-10-11-33-17-34-28;1-16-19(18-12-23(28)22(14-32)26(13-18)34-3)6-4-7-20(16)21-8-5-9-24(17(21)2)31-27(33)25-10-11-29-15-30-25;1-13-15(14-10-18(23)16(12-24)19(11-14)25-6)8-7-9-17(13)22-26-20(2,3)21(4,5)27-22;1-8-9(13)3-2-4-10(8)16-12(17)11-5-6-14-7-15-11;1-5-6(8)3-2-4-7(5)9;8-5(9)4-1-2-6-3-7-4;6-4(7)3-1-5-2-3/h4-13,17,21H,14-16H2,1-3H3,(H,35,37)(H,38,39);4-15H,1-3H3,(H,31,33);7-12H,1-6H3;2-7H,1H3,(H,16,17);2-4H,9H2,1H3;1-3H,(H,8,9);3,5H,1-2H2,(H,6,7). The summed E-state index contributed by atoms with van der Waals surface area (Å²) in [6.45, 7) is 24.1. The van der Waals surface area contributed by atoms with E-state index >= 15 is 4.39 Å². The Hall–Kier alpha value is -15.5. The van der Waals surface area contributed by atoms with Gasteiger partial charge in [-0.25, -0.2) is 57.8 Å². The summed E-state index contributed by atoms with van der Waals surface area (Å²) < 4.78 is 74.7. The molecule has 3 aliphatic heterocycles. The van der Waals surface area contributed by atoms with Crippen LogP contribution in [-0.4, -0.2) is 174 Å². The lowest BCUT2D eigenvalue weighted by Crippen LogP contribution is -2.49. The van der Waals surface area contributed by atoms with E-state index in [0.717, 1.165) is 104 Å². The van der Waals surface area contributed by atoms with Gasteiger partial charge < -0.3 is 65.8 Å². The number of nitrogens with zero attached hydrogens (tertiary/aromatic N) is 9. The zero-order valence-electron chi connectivity index (χ0n) is 80.6. The Balaban J connectivity index is 0.000000172. The van der Waals surface area contributed by atoms with Crippen LogP contribution in [0.3, 0.4) is 0 Å². The maximum Gasteiger partial charge on any atom is 0.495 e. The number of aromatic nitrogens is 8. The molecule has 36 heteroatoms. The van der Waals surface area contributed by atoms with Crippen molar-refractivity contribution in [2.45, 2.75) is 93.9 Å². The normalized spacial score (nSPS) is 13.0. The number of hydrogen-bond donors (Lipinski definition) is 8. The second-order valence-electron chi connectivity index (χ2n) is 33.9. The first-order valence-electron chi connectivity index (χ1n) is 44.6. The zero-order valence-corrected chi connectivity index (χ0v) is 83.8. The van der Waals surface area contributed by atoms with Crippen molar-refractivity contribution in [1.82, 2.24) is 50.1 Å². The van der Waals surface area contributed by atoms with E-state index in [1.54, 1.807) is 30.3 Å². The van der Waals surface area contributed by atoms with Crippen LogP contribution >= 0.6 is 31.9 Å². The first kappa shape index (κ1) is 108. The quantitative estimate of drug-likeness (QED) is 0.0177. The molecule has 17 rings (SSSR count). The molecule has 3 amide bonds. The third kappa shape index (κ3) is 27.0. The van der Waals surface area contributed by atoms with Crippen molar-refractivity contribution in [2.24, 2.45) is 11.8 Å². The number of aliphatic carboxylic acids is 2. The maximum absolute atomic E-state index is 15.4. The highest BCUT2D eigenvalue weighted by Crippen LogP contribution is 2.43. The van der Waals surface area contributed by atoms with Gasteiger partial charge in [-0.3, -0.25) is 38.5 Å². The van der Waals surface area contributed by atoms with E-state index in [-0.39, 0.29) is 69.9 Å². The van der Waals surface area contributed by atoms with Gasteiger partial charge in [0.2, 0.25) is 0 Å². The molecule has 3 fully saturated rings. The zero-order chi connectivity index (χ0) is 104. The van der Waals surface area contributed by atoms with Gasteiger partial charge >= 0.3 is 25.0 Å². The van der Waals surface area contributed by atoms with Gasteiger partial charge in [-0.1, -0.05) is 123 Å².